The molecule has 0 bridgehead atoms. The van der Waals surface area contributed by atoms with E-state index in [4.69, 9.17) is 4.52 Å². The van der Waals surface area contributed by atoms with Gasteiger partial charge in [0.1, 0.15) is 11.6 Å². The van der Waals surface area contributed by atoms with Crippen LogP contribution in [0.3, 0.4) is 0 Å². The van der Waals surface area contributed by atoms with Crippen LogP contribution in [0.25, 0.3) is 11.0 Å². The van der Waals surface area contributed by atoms with Crippen LogP contribution in [-0.2, 0) is 9.59 Å². The second kappa shape index (κ2) is 8.26. The van der Waals surface area contributed by atoms with E-state index in [0.717, 1.165) is 11.0 Å². The Labute approximate surface area is 160 Å². The minimum atomic E-state index is -0.408. The van der Waals surface area contributed by atoms with Crippen LogP contribution in [0.4, 0.5) is 5.82 Å². The van der Waals surface area contributed by atoms with Gasteiger partial charge in [0.15, 0.2) is 5.82 Å². The van der Waals surface area contributed by atoms with Crippen molar-refractivity contribution in [2.75, 3.05) is 11.1 Å². The zero-order chi connectivity index (χ0) is 19.4. The summed E-state index contributed by atoms with van der Waals surface area (Å²) >= 11 is 1.25. The summed E-state index contributed by atoms with van der Waals surface area (Å²) in [5.41, 5.74) is 1.78. The monoisotopic (exact) mass is 387 g/mol. The van der Waals surface area contributed by atoms with Crippen molar-refractivity contribution in [2.24, 2.45) is 0 Å². The molecule has 0 fully saturated rings. The largest absolute Gasteiger partial charge is 0.360 e. The van der Waals surface area contributed by atoms with Crippen molar-refractivity contribution in [3.8, 4) is 0 Å². The Morgan fingerprint density at radius 3 is 2.78 bits per heavy atom. The lowest BCUT2D eigenvalue weighted by molar-refractivity contribution is -0.119. The van der Waals surface area contributed by atoms with Crippen LogP contribution in [0.1, 0.15) is 31.5 Å². The molecule has 0 aliphatic heterocycles. The molecule has 0 saturated carbocycles. The van der Waals surface area contributed by atoms with Crippen LogP contribution in [-0.4, -0.2) is 37.9 Å². The number of carbonyl (C=O) groups excluding carboxylic acids is 2. The number of anilines is 1. The van der Waals surface area contributed by atoms with Gasteiger partial charge >= 0.3 is 0 Å². The fraction of sp³-hybridized carbons (Fsp3) is 0.333. The molecule has 3 aromatic rings. The molecule has 2 unspecified atom stereocenters. The average molecular weight is 387 g/mol. The van der Waals surface area contributed by atoms with Crippen molar-refractivity contribution >= 4 is 40.4 Å². The van der Waals surface area contributed by atoms with Gasteiger partial charge in [-0.05, 0) is 32.9 Å². The fourth-order valence-electron chi connectivity index (χ4n) is 2.46. The van der Waals surface area contributed by atoms with Crippen molar-refractivity contribution in [3.05, 3.63) is 41.9 Å². The number of para-hydroxylation sites is 2. The number of benzene rings is 1. The van der Waals surface area contributed by atoms with Gasteiger partial charge in [-0.15, -0.1) is 11.8 Å². The molecule has 0 aliphatic rings. The lowest BCUT2D eigenvalue weighted by Crippen LogP contribution is -2.31. The van der Waals surface area contributed by atoms with Gasteiger partial charge in [-0.2, -0.15) is 0 Å². The maximum atomic E-state index is 12.2. The van der Waals surface area contributed by atoms with Gasteiger partial charge in [0.25, 0.3) is 0 Å². The second-order valence-electron chi connectivity index (χ2n) is 6.19. The molecule has 9 heteroatoms. The molecule has 2 amide bonds. The van der Waals surface area contributed by atoms with Crippen molar-refractivity contribution in [3.63, 3.8) is 0 Å². The SMILES string of the molecule is Cc1cc(NC(=O)C(C)SCC(=O)NC(C)c2nc3ccccc3[nH]2)no1. The molecule has 0 spiro atoms. The number of nitrogens with one attached hydrogen (secondary N) is 3. The van der Waals surface area contributed by atoms with Crippen molar-refractivity contribution in [1.82, 2.24) is 20.4 Å². The molecule has 2 heterocycles. The molecule has 1 aromatic carbocycles. The number of aromatic nitrogens is 3. The van der Waals surface area contributed by atoms with Gasteiger partial charge in [0, 0.05) is 6.07 Å². The standard InChI is InChI=1S/C18H21N5O3S/c1-10-8-15(23-26-10)22-18(25)12(3)27-9-16(24)19-11(2)17-20-13-6-4-5-7-14(13)21-17/h4-8,11-12H,9H2,1-3H3,(H,19,24)(H,20,21)(H,22,23,25). The molecule has 3 N–H and O–H groups in total. The lowest BCUT2D eigenvalue weighted by Gasteiger charge is -2.13. The van der Waals surface area contributed by atoms with Crippen LogP contribution < -0.4 is 10.6 Å². The summed E-state index contributed by atoms with van der Waals surface area (Å²) in [7, 11) is 0. The summed E-state index contributed by atoms with van der Waals surface area (Å²) < 4.78 is 4.91. The summed E-state index contributed by atoms with van der Waals surface area (Å²) in [6.07, 6.45) is 0. The topological polar surface area (TPSA) is 113 Å². The molecule has 2 aromatic heterocycles. The minimum Gasteiger partial charge on any atom is -0.360 e. The minimum absolute atomic E-state index is 0.162. The van der Waals surface area contributed by atoms with Crippen molar-refractivity contribution in [1.29, 1.82) is 0 Å². The van der Waals surface area contributed by atoms with Crippen molar-refractivity contribution in [2.45, 2.75) is 32.1 Å². The molecule has 27 heavy (non-hydrogen) atoms. The maximum absolute atomic E-state index is 12.2. The summed E-state index contributed by atoms with van der Waals surface area (Å²) in [5.74, 6) is 1.45. The number of aryl methyl sites for hydroxylation is 1. The highest BCUT2D eigenvalue weighted by Crippen LogP contribution is 2.17. The lowest BCUT2D eigenvalue weighted by atomic mass is 10.3. The number of H-pyrrole nitrogens is 1. The number of imidazole rings is 1. The van der Waals surface area contributed by atoms with Gasteiger partial charge in [-0.1, -0.05) is 17.3 Å². The Bertz CT molecular complexity index is 918. The van der Waals surface area contributed by atoms with E-state index in [0.29, 0.717) is 17.4 Å². The van der Waals surface area contributed by atoms with Crippen molar-refractivity contribution < 1.29 is 14.1 Å². The van der Waals surface area contributed by atoms with E-state index in [1.54, 1.807) is 19.9 Å². The van der Waals surface area contributed by atoms with Crippen LogP contribution in [0.5, 0.6) is 0 Å². The Hall–Kier alpha value is -2.81. The van der Waals surface area contributed by atoms with Gasteiger partial charge < -0.3 is 20.1 Å². The van der Waals surface area contributed by atoms with Crippen LogP contribution in [0.2, 0.25) is 0 Å². The average Bonchev–Trinajstić information content (AvgIpc) is 3.25. The first-order chi connectivity index (χ1) is 12.9. The molecule has 142 valence electrons. The smallest absolute Gasteiger partial charge is 0.238 e. The summed E-state index contributed by atoms with van der Waals surface area (Å²) in [6, 6.07) is 9.07. The van der Waals surface area contributed by atoms with E-state index in [9.17, 15) is 9.59 Å². The predicted molar refractivity (Wildman–Crippen MR) is 104 cm³/mol. The molecule has 0 saturated heterocycles. The highest BCUT2D eigenvalue weighted by atomic mass is 32.2. The summed E-state index contributed by atoms with van der Waals surface area (Å²) in [5, 5.41) is 8.86. The van der Waals surface area contributed by atoms with Crippen LogP contribution >= 0.6 is 11.8 Å². The second-order valence-corrected chi connectivity index (χ2v) is 7.52. The summed E-state index contributed by atoms with van der Waals surface area (Å²) in [4.78, 5) is 32.0. The number of hydrogen-bond donors (Lipinski definition) is 3. The number of aromatic amines is 1. The highest BCUT2D eigenvalue weighted by molar-refractivity contribution is 8.01. The normalized spacial score (nSPS) is 13.3. The third-order valence-electron chi connectivity index (χ3n) is 3.91. The Kier molecular flexibility index (Phi) is 5.80. The number of thioether (sulfide) groups is 1. The quantitative estimate of drug-likeness (QED) is 0.575. The third-order valence-corrected chi connectivity index (χ3v) is 5.05. The van der Waals surface area contributed by atoms with Crippen LogP contribution in [0, 0.1) is 6.92 Å². The first-order valence-electron chi connectivity index (χ1n) is 8.52. The highest BCUT2D eigenvalue weighted by Gasteiger charge is 2.18. The zero-order valence-corrected chi connectivity index (χ0v) is 16.1. The zero-order valence-electron chi connectivity index (χ0n) is 15.3. The van der Waals surface area contributed by atoms with Gasteiger partial charge in [-0.25, -0.2) is 4.98 Å². The number of fused-ring (bicyclic) bond motifs is 1. The van der Waals surface area contributed by atoms with Crippen LogP contribution in [0.15, 0.2) is 34.9 Å². The predicted octanol–water partition coefficient (Wildman–Crippen LogP) is 2.80. The fourth-order valence-corrected chi connectivity index (χ4v) is 3.15. The van der Waals surface area contributed by atoms with E-state index >= 15 is 0 Å². The molecule has 3 rings (SSSR count). The Balaban J connectivity index is 1.47. The molecular weight excluding hydrogens is 366 g/mol. The number of amides is 2. The first-order valence-corrected chi connectivity index (χ1v) is 9.57. The van der Waals surface area contributed by atoms with Gasteiger partial charge in [0.2, 0.25) is 11.8 Å². The number of carbonyl (C=O) groups is 2. The molecule has 0 radical (unpaired) electrons. The maximum Gasteiger partial charge on any atom is 0.238 e. The van der Waals surface area contributed by atoms with E-state index in [2.05, 4.69) is 25.8 Å². The number of hydrogen-bond acceptors (Lipinski definition) is 6. The van der Waals surface area contributed by atoms with Gasteiger partial charge in [-0.3, -0.25) is 9.59 Å². The molecule has 0 aliphatic carbocycles. The van der Waals surface area contributed by atoms with Gasteiger partial charge in [0.05, 0.1) is 28.1 Å². The molecule has 2 atom stereocenters. The summed E-state index contributed by atoms with van der Waals surface area (Å²) in [6.45, 7) is 5.35. The first kappa shape index (κ1) is 19.0. The van der Waals surface area contributed by atoms with E-state index in [-0.39, 0.29) is 23.6 Å². The Morgan fingerprint density at radius 2 is 2.07 bits per heavy atom. The molecular formula is C18H21N5O3S. The number of rotatable bonds is 7. The Morgan fingerprint density at radius 1 is 1.30 bits per heavy atom. The third kappa shape index (κ3) is 4.88. The van der Waals surface area contributed by atoms with E-state index in [1.165, 1.54) is 11.8 Å². The van der Waals surface area contributed by atoms with E-state index in [1.807, 2.05) is 31.2 Å². The number of nitrogens with zero attached hydrogens (tertiary/aromatic N) is 2. The molecule has 8 nitrogen and oxygen atoms in total. The van der Waals surface area contributed by atoms with E-state index < -0.39 is 5.25 Å².